The zero-order chi connectivity index (χ0) is 10.0. The Morgan fingerprint density at radius 1 is 1.62 bits per heavy atom. The molecule has 1 aromatic rings. The summed E-state index contributed by atoms with van der Waals surface area (Å²) in [7, 11) is 1.32. The molecule has 0 aliphatic rings. The molecule has 1 N–H and O–H groups in total. The van der Waals surface area contributed by atoms with Gasteiger partial charge in [-0.15, -0.1) is 0 Å². The number of hydrogen-bond donors (Lipinski definition) is 1. The third-order valence-corrected chi connectivity index (χ3v) is 1.85. The molecule has 0 aliphatic heterocycles. The van der Waals surface area contributed by atoms with E-state index in [1.54, 1.807) is 0 Å². The Bertz CT molecular complexity index is 351. The molecule has 0 saturated carbocycles. The minimum atomic E-state index is -1.36. The van der Waals surface area contributed by atoms with Crippen LogP contribution in [0, 0.1) is 5.82 Å². The maximum Gasteiger partial charge on any atom is 0.338 e. The highest BCUT2D eigenvalue weighted by molar-refractivity contribution is 6.32. The van der Waals surface area contributed by atoms with Gasteiger partial charge >= 0.3 is 5.97 Å². The van der Waals surface area contributed by atoms with E-state index < -0.39 is 17.3 Å². The second-order valence-corrected chi connectivity index (χ2v) is 2.63. The number of halogens is 2. The van der Waals surface area contributed by atoms with E-state index in [0.29, 0.717) is 0 Å². The Morgan fingerprint density at radius 3 is 2.69 bits per heavy atom. The van der Waals surface area contributed by atoms with Crippen LogP contribution in [0.4, 0.5) is 4.39 Å². The van der Waals surface area contributed by atoms with Crippen molar-refractivity contribution in [2.45, 2.75) is 0 Å². The van der Waals surface area contributed by atoms with Gasteiger partial charge < -0.3 is 9.84 Å². The van der Waals surface area contributed by atoms with Gasteiger partial charge in [-0.05, 0) is 12.1 Å². The minimum absolute atomic E-state index is 0.115. The van der Waals surface area contributed by atoms with E-state index in [4.69, 9.17) is 21.4 Å². The molecule has 0 fully saturated rings. The molecule has 13 heavy (non-hydrogen) atoms. The Balaban J connectivity index is 3.31. The van der Waals surface area contributed by atoms with Gasteiger partial charge in [-0.25, -0.2) is 9.18 Å². The van der Waals surface area contributed by atoms with E-state index in [9.17, 15) is 9.18 Å². The molecule has 70 valence electrons. The molecule has 0 unspecified atom stereocenters. The number of rotatable bonds is 2. The van der Waals surface area contributed by atoms with E-state index in [1.165, 1.54) is 13.2 Å². The molecule has 5 heteroatoms. The highest BCUT2D eigenvalue weighted by Crippen LogP contribution is 2.28. The van der Waals surface area contributed by atoms with Crippen molar-refractivity contribution in [3.8, 4) is 5.75 Å². The summed E-state index contributed by atoms with van der Waals surface area (Å²) in [6.45, 7) is 0. The van der Waals surface area contributed by atoms with Crippen molar-refractivity contribution in [1.29, 1.82) is 0 Å². The average Bonchev–Trinajstić information content (AvgIpc) is 2.09. The molecule has 0 aliphatic carbocycles. The van der Waals surface area contributed by atoms with Crippen molar-refractivity contribution < 1.29 is 19.0 Å². The van der Waals surface area contributed by atoms with Crippen molar-refractivity contribution >= 4 is 17.6 Å². The van der Waals surface area contributed by atoms with E-state index in [0.717, 1.165) is 6.07 Å². The monoisotopic (exact) mass is 204 g/mol. The first-order valence-electron chi connectivity index (χ1n) is 3.33. The van der Waals surface area contributed by atoms with Gasteiger partial charge in [-0.2, -0.15) is 0 Å². The van der Waals surface area contributed by atoms with Crippen LogP contribution in [0.1, 0.15) is 10.4 Å². The number of carbonyl (C=O) groups is 1. The van der Waals surface area contributed by atoms with E-state index in [2.05, 4.69) is 0 Å². The van der Waals surface area contributed by atoms with Gasteiger partial charge in [0.1, 0.15) is 10.8 Å². The number of hydrogen-bond acceptors (Lipinski definition) is 2. The van der Waals surface area contributed by atoms with Crippen molar-refractivity contribution in [3.05, 3.63) is 28.5 Å². The van der Waals surface area contributed by atoms with Crippen LogP contribution in [-0.2, 0) is 0 Å². The van der Waals surface area contributed by atoms with Crippen LogP contribution in [0.3, 0.4) is 0 Å². The van der Waals surface area contributed by atoms with Crippen LogP contribution in [0.2, 0.25) is 5.02 Å². The Kier molecular flexibility index (Phi) is 2.72. The summed E-state index contributed by atoms with van der Waals surface area (Å²) >= 11 is 5.48. The number of aromatic carboxylic acids is 1. The first kappa shape index (κ1) is 9.80. The molecule has 1 aromatic carbocycles. The lowest BCUT2D eigenvalue weighted by Crippen LogP contribution is -2.01. The van der Waals surface area contributed by atoms with Crippen molar-refractivity contribution in [2.24, 2.45) is 0 Å². The minimum Gasteiger partial charge on any atom is -0.495 e. The molecule has 0 radical (unpaired) electrons. The fourth-order valence-corrected chi connectivity index (χ4v) is 1.10. The van der Waals surface area contributed by atoms with Gasteiger partial charge in [0, 0.05) is 0 Å². The lowest BCUT2D eigenvalue weighted by Gasteiger charge is -2.04. The predicted octanol–water partition coefficient (Wildman–Crippen LogP) is 2.19. The second-order valence-electron chi connectivity index (χ2n) is 2.25. The standard InChI is InChI=1S/C8H6ClFO3/c1-13-5-3-2-4(8(11)12)7(10)6(5)9/h2-3H,1H3,(H,11,12). The highest BCUT2D eigenvalue weighted by atomic mass is 35.5. The third kappa shape index (κ3) is 1.72. The molecule has 3 nitrogen and oxygen atoms in total. The smallest absolute Gasteiger partial charge is 0.338 e. The summed E-state index contributed by atoms with van der Waals surface area (Å²) in [5, 5.41) is 8.20. The maximum absolute atomic E-state index is 13.1. The molecule has 0 spiro atoms. The van der Waals surface area contributed by atoms with Gasteiger partial charge in [-0.1, -0.05) is 11.6 Å². The van der Waals surface area contributed by atoms with Gasteiger partial charge in [0.15, 0.2) is 5.82 Å². The Labute approximate surface area is 78.7 Å². The van der Waals surface area contributed by atoms with Gasteiger partial charge in [0.05, 0.1) is 12.7 Å². The molecule has 0 bridgehead atoms. The first-order chi connectivity index (χ1) is 6.07. The Hall–Kier alpha value is -1.29. The molecule has 0 aromatic heterocycles. The molecule has 0 saturated heterocycles. The molecule has 1 rings (SSSR count). The van der Waals surface area contributed by atoms with Crippen LogP contribution < -0.4 is 4.74 Å². The average molecular weight is 205 g/mol. The van der Waals surface area contributed by atoms with Gasteiger partial charge in [0.2, 0.25) is 0 Å². The zero-order valence-electron chi connectivity index (χ0n) is 6.67. The number of methoxy groups -OCH3 is 1. The molecule has 0 heterocycles. The number of benzene rings is 1. The summed E-state index contributed by atoms with van der Waals surface area (Å²) in [6.07, 6.45) is 0. The summed E-state index contributed by atoms with van der Waals surface area (Å²) in [4.78, 5) is 10.4. The van der Waals surface area contributed by atoms with Crippen molar-refractivity contribution in [2.75, 3.05) is 7.11 Å². The summed E-state index contributed by atoms with van der Waals surface area (Å²) in [5.41, 5.74) is -0.467. The highest BCUT2D eigenvalue weighted by Gasteiger charge is 2.16. The number of carboxylic acid groups (broad SMARTS) is 1. The van der Waals surface area contributed by atoms with Crippen LogP contribution in [0.15, 0.2) is 12.1 Å². The van der Waals surface area contributed by atoms with E-state index >= 15 is 0 Å². The van der Waals surface area contributed by atoms with Gasteiger partial charge in [0.25, 0.3) is 0 Å². The van der Waals surface area contributed by atoms with E-state index in [1.807, 2.05) is 0 Å². The topological polar surface area (TPSA) is 46.5 Å². The maximum atomic E-state index is 13.1. The van der Waals surface area contributed by atoms with Crippen LogP contribution in [0.5, 0.6) is 5.75 Å². The summed E-state index contributed by atoms with van der Waals surface area (Å²) < 4.78 is 17.8. The SMILES string of the molecule is COc1ccc(C(=O)O)c(F)c1Cl. The van der Waals surface area contributed by atoms with Crippen LogP contribution >= 0.6 is 11.6 Å². The zero-order valence-corrected chi connectivity index (χ0v) is 7.43. The second kappa shape index (κ2) is 3.62. The summed E-state index contributed by atoms with van der Waals surface area (Å²) in [6, 6.07) is 2.40. The largest absolute Gasteiger partial charge is 0.495 e. The number of ether oxygens (including phenoxy) is 1. The number of carboxylic acids is 1. The van der Waals surface area contributed by atoms with Crippen molar-refractivity contribution in [1.82, 2.24) is 0 Å². The molecule has 0 amide bonds. The van der Waals surface area contributed by atoms with Crippen molar-refractivity contribution in [3.63, 3.8) is 0 Å². The third-order valence-electron chi connectivity index (χ3n) is 1.50. The summed E-state index contributed by atoms with van der Waals surface area (Å²) in [5.74, 6) is -2.22. The lowest BCUT2D eigenvalue weighted by molar-refractivity contribution is 0.0692. The van der Waals surface area contributed by atoms with Gasteiger partial charge in [-0.3, -0.25) is 0 Å². The first-order valence-corrected chi connectivity index (χ1v) is 3.71. The van der Waals surface area contributed by atoms with E-state index in [-0.39, 0.29) is 10.8 Å². The molecular weight excluding hydrogens is 199 g/mol. The fraction of sp³-hybridized carbons (Fsp3) is 0.125. The Morgan fingerprint density at radius 2 is 2.23 bits per heavy atom. The van der Waals surface area contributed by atoms with Crippen LogP contribution in [-0.4, -0.2) is 18.2 Å². The molecular formula is C8H6ClFO3. The fourth-order valence-electron chi connectivity index (χ4n) is 0.855. The normalized spacial score (nSPS) is 9.77. The predicted molar refractivity (Wildman–Crippen MR) is 44.9 cm³/mol. The van der Waals surface area contributed by atoms with Crippen LogP contribution in [0.25, 0.3) is 0 Å². The molecule has 0 atom stereocenters. The quantitative estimate of drug-likeness (QED) is 0.803. The lowest BCUT2D eigenvalue weighted by atomic mass is 10.2.